The van der Waals surface area contributed by atoms with Crippen LogP contribution in [0.1, 0.15) is 32.1 Å². The maximum atomic E-state index is 4.65. The van der Waals surface area contributed by atoms with E-state index in [9.17, 15) is 0 Å². The molecule has 20 heavy (non-hydrogen) atoms. The number of nitrogens with one attached hydrogen (secondary N) is 1. The van der Waals surface area contributed by atoms with E-state index in [2.05, 4.69) is 39.2 Å². The Morgan fingerprint density at radius 2 is 1.85 bits per heavy atom. The van der Waals surface area contributed by atoms with Crippen LogP contribution in [0, 0.1) is 0 Å². The van der Waals surface area contributed by atoms with Gasteiger partial charge in [0.1, 0.15) is 5.82 Å². The summed E-state index contributed by atoms with van der Waals surface area (Å²) in [6.07, 6.45) is 8.40. The summed E-state index contributed by atoms with van der Waals surface area (Å²) in [5, 5.41) is 3.36. The Hall–Kier alpha value is -1.36. The second-order valence-corrected chi connectivity index (χ2v) is 5.73. The molecule has 1 N–H and O–H groups in total. The first-order chi connectivity index (χ1) is 9.75. The average Bonchev–Trinajstić information content (AvgIpc) is 2.38. The zero-order valence-electron chi connectivity index (χ0n) is 12.8. The van der Waals surface area contributed by atoms with Gasteiger partial charge in [0.05, 0.1) is 0 Å². The molecule has 112 valence electrons. The average molecular weight is 277 g/mol. The van der Waals surface area contributed by atoms with E-state index < -0.39 is 0 Å². The lowest BCUT2D eigenvalue weighted by atomic mass is 10.1. The van der Waals surface area contributed by atoms with Crippen LogP contribution in [0.5, 0.6) is 0 Å². The zero-order valence-corrected chi connectivity index (χ0v) is 12.8. The van der Waals surface area contributed by atoms with E-state index in [1.165, 1.54) is 32.1 Å². The van der Waals surface area contributed by atoms with Crippen LogP contribution in [0.25, 0.3) is 0 Å². The number of likely N-dealkylation sites (N-methyl/N-ethyl adjacent to an activating group) is 1. The fourth-order valence-corrected chi connectivity index (χ4v) is 2.45. The third kappa shape index (κ3) is 4.96. The maximum Gasteiger partial charge on any atom is 0.227 e. The minimum absolute atomic E-state index is 0.877. The predicted molar refractivity (Wildman–Crippen MR) is 84.4 cm³/mol. The Kier molecular flexibility index (Phi) is 6.05. The van der Waals surface area contributed by atoms with Crippen LogP contribution in [-0.4, -0.2) is 55.1 Å². The molecule has 1 saturated heterocycles. The molecular formula is C15H27N5. The van der Waals surface area contributed by atoms with Crippen molar-refractivity contribution >= 4 is 11.8 Å². The van der Waals surface area contributed by atoms with Crippen molar-refractivity contribution in [3.8, 4) is 0 Å². The first kappa shape index (κ1) is 15.0. The number of anilines is 2. The molecule has 1 aromatic heterocycles. The molecule has 0 bridgehead atoms. The first-order valence-electron chi connectivity index (χ1n) is 7.72. The van der Waals surface area contributed by atoms with Crippen LogP contribution in [0.4, 0.5) is 11.8 Å². The molecule has 1 aromatic rings. The highest BCUT2D eigenvalue weighted by Crippen LogP contribution is 2.16. The summed E-state index contributed by atoms with van der Waals surface area (Å²) >= 11 is 0. The minimum Gasteiger partial charge on any atom is -0.369 e. The molecule has 0 amide bonds. The van der Waals surface area contributed by atoms with E-state index >= 15 is 0 Å². The van der Waals surface area contributed by atoms with Gasteiger partial charge in [0, 0.05) is 32.4 Å². The molecule has 5 nitrogen and oxygen atoms in total. The lowest BCUT2D eigenvalue weighted by Crippen LogP contribution is -2.29. The number of hydrogen-bond acceptors (Lipinski definition) is 5. The van der Waals surface area contributed by atoms with Gasteiger partial charge in [-0.2, -0.15) is 4.98 Å². The Labute approximate surface area is 122 Å². The van der Waals surface area contributed by atoms with Gasteiger partial charge in [0.2, 0.25) is 5.95 Å². The molecule has 2 rings (SSSR count). The molecule has 5 heteroatoms. The van der Waals surface area contributed by atoms with Crippen LogP contribution in [0.15, 0.2) is 12.3 Å². The summed E-state index contributed by atoms with van der Waals surface area (Å²) in [5.41, 5.74) is 0. The fraction of sp³-hybridized carbons (Fsp3) is 0.733. The van der Waals surface area contributed by atoms with Crippen LogP contribution >= 0.6 is 0 Å². The highest BCUT2D eigenvalue weighted by Gasteiger charge is 2.11. The quantitative estimate of drug-likeness (QED) is 0.894. The Balaban J connectivity index is 1.93. The highest BCUT2D eigenvalue weighted by atomic mass is 15.3. The monoisotopic (exact) mass is 277 g/mol. The van der Waals surface area contributed by atoms with Crippen molar-refractivity contribution in [2.75, 3.05) is 50.5 Å². The molecule has 0 saturated carbocycles. The molecule has 0 radical (unpaired) electrons. The van der Waals surface area contributed by atoms with Gasteiger partial charge in [-0.15, -0.1) is 0 Å². The molecule has 0 spiro atoms. The second kappa shape index (κ2) is 8.04. The van der Waals surface area contributed by atoms with Crippen molar-refractivity contribution in [3.05, 3.63) is 12.3 Å². The van der Waals surface area contributed by atoms with Crippen molar-refractivity contribution in [2.45, 2.75) is 32.1 Å². The highest BCUT2D eigenvalue weighted by molar-refractivity contribution is 5.41. The molecule has 0 atom stereocenters. The summed E-state index contributed by atoms with van der Waals surface area (Å²) in [4.78, 5) is 13.6. The predicted octanol–water partition coefficient (Wildman–Crippen LogP) is 2.22. The summed E-state index contributed by atoms with van der Waals surface area (Å²) in [5.74, 6) is 1.81. The van der Waals surface area contributed by atoms with Crippen molar-refractivity contribution in [1.29, 1.82) is 0 Å². The molecule has 0 unspecified atom stereocenters. The van der Waals surface area contributed by atoms with E-state index in [1.54, 1.807) is 0 Å². The number of nitrogens with zero attached hydrogens (tertiary/aromatic N) is 4. The van der Waals surface area contributed by atoms with Crippen molar-refractivity contribution in [1.82, 2.24) is 14.9 Å². The van der Waals surface area contributed by atoms with Crippen LogP contribution in [-0.2, 0) is 0 Å². The normalized spacial score (nSPS) is 16.9. The lowest BCUT2D eigenvalue weighted by Gasteiger charge is -2.25. The van der Waals surface area contributed by atoms with Crippen LogP contribution < -0.4 is 10.2 Å². The summed E-state index contributed by atoms with van der Waals surface area (Å²) in [6, 6.07) is 1.95. The largest absolute Gasteiger partial charge is 0.369 e. The van der Waals surface area contributed by atoms with E-state index in [0.717, 1.165) is 37.9 Å². The van der Waals surface area contributed by atoms with Crippen molar-refractivity contribution < 1.29 is 0 Å². The van der Waals surface area contributed by atoms with Gasteiger partial charge in [-0.25, -0.2) is 4.98 Å². The van der Waals surface area contributed by atoms with Gasteiger partial charge < -0.3 is 15.1 Å². The van der Waals surface area contributed by atoms with Crippen molar-refractivity contribution in [3.63, 3.8) is 0 Å². The van der Waals surface area contributed by atoms with Gasteiger partial charge in [-0.1, -0.05) is 19.3 Å². The van der Waals surface area contributed by atoms with E-state index in [4.69, 9.17) is 0 Å². The van der Waals surface area contributed by atoms with E-state index in [0.29, 0.717) is 0 Å². The first-order valence-corrected chi connectivity index (χ1v) is 7.72. The number of rotatable bonds is 5. The molecule has 2 heterocycles. The van der Waals surface area contributed by atoms with E-state index in [1.807, 2.05) is 12.3 Å². The van der Waals surface area contributed by atoms with Crippen LogP contribution in [0.2, 0.25) is 0 Å². The molecule has 1 fully saturated rings. The zero-order chi connectivity index (χ0) is 14.2. The summed E-state index contributed by atoms with van der Waals surface area (Å²) < 4.78 is 0. The topological polar surface area (TPSA) is 44.3 Å². The minimum atomic E-state index is 0.877. The summed E-state index contributed by atoms with van der Waals surface area (Å²) in [6.45, 7) is 4.08. The van der Waals surface area contributed by atoms with Gasteiger partial charge in [-0.05, 0) is 33.0 Å². The number of hydrogen-bond donors (Lipinski definition) is 1. The SMILES string of the molecule is CN(C)CCNc1ccnc(N2CCCCCCC2)n1. The third-order valence-electron chi connectivity index (χ3n) is 3.65. The smallest absolute Gasteiger partial charge is 0.227 e. The number of aromatic nitrogens is 2. The van der Waals surface area contributed by atoms with Crippen molar-refractivity contribution in [2.24, 2.45) is 0 Å². The third-order valence-corrected chi connectivity index (χ3v) is 3.65. The van der Waals surface area contributed by atoms with Crippen LogP contribution in [0.3, 0.4) is 0 Å². The Morgan fingerprint density at radius 1 is 1.15 bits per heavy atom. The standard InChI is InChI=1S/C15H27N5/c1-19(2)13-10-16-14-8-9-17-15(18-14)20-11-6-4-3-5-7-12-20/h8-9H,3-7,10-13H2,1-2H3,(H,16,17,18). The summed E-state index contributed by atoms with van der Waals surface area (Å²) in [7, 11) is 4.15. The Morgan fingerprint density at radius 3 is 2.55 bits per heavy atom. The molecule has 0 aliphatic carbocycles. The van der Waals surface area contributed by atoms with E-state index in [-0.39, 0.29) is 0 Å². The lowest BCUT2D eigenvalue weighted by molar-refractivity contribution is 0.425. The van der Waals surface area contributed by atoms with Gasteiger partial charge >= 0.3 is 0 Å². The van der Waals surface area contributed by atoms with Gasteiger partial charge in [-0.3, -0.25) is 0 Å². The second-order valence-electron chi connectivity index (χ2n) is 5.73. The molecular weight excluding hydrogens is 250 g/mol. The van der Waals surface area contributed by atoms with Gasteiger partial charge in [0.25, 0.3) is 0 Å². The molecule has 1 aliphatic heterocycles. The van der Waals surface area contributed by atoms with Gasteiger partial charge in [0.15, 0.2) is 0 Å². The molecule has 0 aromatic carbocycles. The Bertz CT molecular complexity index is 386. The fourth-order valence-electron chi connectivity index (χ4n) is 2.45. The maximum absolute atomic E-state index is 4.65. The molecule has 1 aliphatic rings.